The predicted molar refractivity (Wildman–Crippen MR) is 136 cm³/mol. The van der Waals surface area contributed by atoms with Crippen molar-refractivity contribution in [2.45, 2.75) is 74.6 Å². The Hall–Kier alpha value is -2.21. The van der Waals surface area contributed by atoms with Crippen LogP contribution in [0.5, 0.6) is 0 Å². The summed E-state index contributed by atoms with van der Waals surface area (Å²) in [4.78, 5) is 14.1. The molecule has 1 fully saturated rings. The van der Waals surface area contributed by atoms with Crippen LogP contribution in [0.4, 0.5) is 17.6 Å². The molecule has 2 atom stereocenters. The molecule has 0 bridgehead atoms. The lowest BCUT2D eigenvalue weighted by atomic mass is 9.86. The number of aryl methyl sites for hydroxylation is 1. The van der Waals surface area contributed by atoms with Gasteiger partial charge in [0, 0.05) is 11.6 Å². The first-order valence-corrected chi connectivity index (χ1v) is 14.5. The van der Waals surface area contributed by atoms with Gasteiger partial charge < -0.3 is 5.32 Å². The summed E-state index contributed by atoms with van der Waals surface area (Å²) in [5.74, 6) is -2.25. The molecule has 4 rings (SSSR count). The van der Waals surface area contributed by atoms with Crippen LogP contribution in [-0.2, 0) is 27.8 Å². The zero-order valence-corrected chi connectivity index (χ0v) is 22.2. The van der Waals surface area contributed by atoms with Crippen LogP contribution < -0.4 is 10.0 Å². The Bertz CT molecular complexity index is 1270. The molecule has 208 valence electrons. The molecule has 2 aliphatic rings. The number of carbonyl (C=O) groups excluding carboxylic acids is 1. The van der Waals surface area contributed by atoms with E-state index in [1.807, 2.05) is 12.1 Å². The number of hydrogen-bond acceptors (Lipinski definition) is 4. The van der Waals surface area contributed by atoms with E-state index in [1.165, 1.54) is 29.5 Å². The standard InChI is InChI=1S/C26H30ClF4N3O3S/c27-19-8-10-23(21(28)14-19)38(36,37)33-24(26(29,30)31)15-25(35)32-22-6-4-5-18-13-17(7-9-20(18)22)16-34-11-2-1-3-12-34/h7-10,13-14,22,24,33H,1-6,11-12,15-16H2,(H,32,35)/t22-,24-/m1/s1. The molecule has 38 heavy (non-hydrogen) atoms. The maximum atomic E-state index is 14.1. The van der Waals surface area contributed by atoms with Gasteiger partial charge >= 0.3 is 6.18 Å². The molecule has 1 amide bonds. The third-order valence-corrected chi connectivity index (χ3v) is 8.72. The Morgan fingerprint density at radius 3 is 2.50 bits per heavy atom. The molecule has 0 saturated carbocycles. The van der Waals surface area contributed by atoms with Crippen molar-refractivity contribution in [3.63, 3.8) is 0 Å². The second kappa shape index (κ2) is 11.9. The molecule has 2 aromatic rings. The molecule has 0 spiro atoms. The van der Waals surface area contributed by atoms with Crippen molar-refractivity contribution in [2.24, 2.45) is 0 Å². The molecule has 12 heteroatoms. The summed E-state index contributed by atoms with van der Waals surface area (Å²) >= 11 is 5.60. The molecule has 0 radical (unpaired) electrons. The third kappa shape index (κ3) is 7.25. The highest BCUT2D eigenvalue weighted by atomic mass is 35.5. The number of alkyl halides is 3. The van der Waals surface area contributed by atoms with E-state index < -0.39 is 51.3 Å². The molecule has 0 aromatic heterocycles. The third-order valence-electron chi connectivity index (χ3n) is 6.98. The van der Waals surface area contributed by atoms with Crippen molar-refractivity contribution in [1.29, 1.82) is 0 Å². The predicted octanol–water partition coefficient (Wildman–Crippen LogP) is 5.26. The summed E-state index contributed by atoms with van der Waals surface area (Å²) in [6.07, 6.45) is -0.522. The summed E-state index contributed by atoms with van der Waals surface area (Å²) in [5.41, 5.74) is 3.08. The number of piperidine rings is 1. The number of nitrogens with zero attached hydrogens (tertiary/aromatic N) is 1. The van der Waals surface area contributed by atoms with E-state index in [4.69, 9.17) is 11.6 Å². The number of nitrogens with one attached hydrogen (secondary N) is 2. The van der Waals surface area contributed by atoms with E-state index in [1.54, 1.807) is 0 Å². The Morgan fingerprint density at radius 1 is 1.08 bits per heavy atom. The second-order valence-electron chi connectivity index (χ2n) is 9.88. The fourth-order valence-electron chi connectivity index (χ4n) is 5.10. The van der Waals surface area contributed by atoms with Crippen LogP contribution in [0.1, 0.15) is 61.3 Å². The summed E-state index contributed by atoms with van der Waals surface area (Å²) in [6, 6.07) is 5.31. The number of likely N-dealkylation sites (tertiary alicyclic amines) is 1. The van der Waals surface area contributed by atoms with Crippen molar-refractivity contribution in [2.75, 3.05) is 13.1 Å². The highest BCUT2D eigenvalue weighted by molar-refractivity contribution is 7.89. The number of hydrogen-bond donors (Lipinski definition) is 2. The average molecular weight is 576 g/mol. The fourth-order valence-corrected chi connectivity index (χ4v) is 6.54. The molecular weight excluding hydrogens is 546 g/mol. The largest absolute Gasteiger partial charge is 0.405 e. The molecule has 1 saturated heterocycles. The van der Waals surface area contributed by atoms with Gasteiger partial charge in [-0.2, -0.15) is 17.9 Å². The SMILES string of the molecule is O=C(C[C@@H](NS(=O)(=O)c1ccc(Cl)cc1F)C(F)(F)F)N[C@@H]1CCCc2cc(CN3CCCCC3)ccc21. The number of carbonyl (C=O) groups is 1. The van der Waals surface area contributed by atoms with E-state index in [2.05, 4.69) is 16.3 Å². The number of halogens is 5. The summed E-state index contributed by atoms with van der Waals surface area (Å²) in [7, 11) is -4.92. The fraction of sp³-hybridized carbons (Fsp3) is 0.500. The van der Waals surface area contributed by atoms with Gasteiger partial charge in [-0.3, -0.25) is 9.69 Å². The van der Waals surface area contributed by atoms with E-state index >= 15 is 0 Å². The van der Waals surface area contributed by atoms with E-state index in [-0.39, 0.29) is 5.02 Å². The lowest BCUT2D eigenvalue weighted by Crippen LogP contribution is -2.48. The molecule has 2 N–H and O–H groups in total. The van der Waals surface area contributed by atoms with E-state index in [0.717, 1.165) is 55.7 Å². The Labute approximate surface area is 224 Å². The number of amides is 1. The van der Waals surface area contributed by atoms with Gasteiger partial charge in [-0.05, 0) is 80.1 Å². The Balaban J connectivity index is 1.44. The zero-order chi connectivity index (χ0) is 27.5. The van der Waals surface area contributed by atoms with Gasteiger partial charge in [0.05, 0.1) is 12.5 Å². The number of benzene rings is 2. The van der Waals surface area contributed by atoms with Gasteiger partial charge in [0.2, 0.25) is 15.9 Å². The minimum absolute atomic E-state index is 0.112. The molecule has 2 aromatic carbocycles. The van der Waals surface area contributed by atoms with Crippen LogP contribution in [0.2, 0.25) is 5.02 Å². The lowest BCUT2D eigenvalue weighted by Gasteiger charge is -2.30. The normalized spacial score (nSPS) is 19.6. The number of rotatable bonds is 8. The smallest absolute Gasteiger partial charge is 0.349 e. The first-order valence-electron chi connectivity index (χ1n) is 12.6. The van der Waals surface area contributed by atoms with Gasteiger partial charge in [0.25, 0.3) is 0 Å². The van der Waals surface area contributed by atoms with Crippen LogP contribution in [0.25, 0.3) is 0 Å². The van der Waals surface area contributed by atoms with E-state index in [0.29, 0.717) is 12.5 Å². The number of sulfonamides is 1. The second-order valence-corrected chi connectivity index (χ2v) is 12.0. The van der Waals surface area contributed by atoms with Gasteiger partial charge in [-0.1, -0.05) is 36.2 Å². The van der Waals surface area contributed by atoms with Gasteiger partial charge in [0.1, 0.15) is 16.8 Å². The minimum atomic E-state index is -5.08. The topological polar surface area (TPSA) is 78.5 Å². The lowest BCUT2D eigenvalue weighted by molar-refractivity contribution is -0.158. The van der Waals surface area contributed by atoms with Crippen LogP contribution in [0.3, 0.4) is 0 Å². The maximum Gasteiger partial charge on any atom is 0.405 e. The first kappa shape index (κ1) is 28.8. The molecular formula is C26H30ClF4N3O3S. The van der Waals surface area contributed by atoms with Crippen LogP contribution in [-0.4, -0.2) is 44.5 Å². The van der Waals surface area contributed by atoms with Gasteiger partial charge in [0.15, 0.2) is 0 Å². The summed E-state index contributed by atoms with van der Waals surface area (Å²) in [6.45, 7) is 2.96. The quantitative estimate of drug-likeness (QED) is 0.421. The van der Waals surface area contributed by atoms with Gasteiger partial charge in [-0.15, -0.1) is 0 Å². The van der Waals surface area contributed by atoms with Crippen molar-refractivity contribution >= 4 is 27.5 Å². The van der Waals surface area contributed by atoms with Crippen LogP contribution in [0, 0.1) is 5.82 Å². The Morgan fingerprint density at radius 2 is 1.82 bits per heavy atom. The summed E-state index contributed by atoms with van der Waals surface area (Å²) in [5, 5.41) is 2.54. The van der Waals surface area contributed by atoms with Crippen molar-refractivity contribution < 1.29 is 30.8 Å². The van der Waals surface area contributed by atoms with Crippen LogP contribution >= 0.6 is 11.6 Å². The monoisotopic (exact) mass is 575 g/mol. The maximum absolute atomic E-state index is 14.1. The van der Waals surface area contributed by atoms with Crippen molar-refractivity contribution in [1.82, 2.24) is 14.9 Å². The molecule has 1 aliphatic carbocycles. The van der Waals surface area contributed by atoms with E-state index in [9.17, 15) is 30.8 Å². The highest BCUT2D eigenvalue weighted by Crippen LogP contribution is 2.32. The zero-order valence-electron chi connectivity index (χ0n) is 20.7. The van der Waals surface area contributed by atoms with Crippen molar-refractivity contribution in [3.8, 4) is 0 Å². The Kier molecular flexibility index (Phi) is 9.01. The minimum Gasteiger partial charge on any atom is -0.349 e. The number of fused-ring (bicyclic) bond motifs is 1. The van der Waals surface area contributed by atoms with Gasteiger partial charge in [-0.25, -0.2) is 12.8 Å². The first-order chi connectivity index (χ1) is 17.9. The molecule has 1 heterocycles. The van der Waals surface area contributed by atoms with Crippen molar-refractivity contribution in [3.05, 3.63) is 63.9 Å². The average Bonchev–Trinajstić information content (AvgIpc) is 2.83. The highest BCUT2D eigenvalue weighted by Gasteiger charge is 2.44. The summed E-state index contributed by atoms with van der Waals surface area (Å²) < 4.78 is 81.7. The molecule has 6 nitrogen and oxygen atoms in total. The molecule has 1 aliphatic heterocycles. The molecule has 0 unspecified atom stereocenters. The van der Waals surface area contributed by atoms with Crippen LogP contribution in [0.15, 0.2) is 41.3 Å².